The van der Waals surface area contributed by atoms with Gasteiger partial charge in [-0.05, 0) is 25.8 Å². The first-order valence-electron chi connectivity index (χ1n) is 10.9. The Morgan fingerprint density at radius 2 is 2.03 bits per heavy atom. The van der Waals surface area contributed by atoms with Crippen LogP contribution in [-0.2, 0) is 16.1 Å². The highest BCUT2D eigenvalue weighted by atomic mass is 19.4. The number of alkyl halides is 3. The molecule has 1 aliphatic heterocycles. The van der Waals surface area contributed by atoms with E-state index in [1.165, 1.54) is 18.3 Å². The molecule has 1 atom stereocenters. The molecule has 3 N–H and O–H groups in total. The molecule has 1 saturated carbocycles. The third-order valence-electron chi connectivity index (χ3n) is 5.85. The van der Waals surface area contributed by atoms with E-state index < -0.39 is 41.5 Å². The third-order valence-corrected chi connectivity index (χ3v) is 5.85. The van der Waals surface area contributed by atoms with Crippen LogP contribution in [0.5, 0.6) is 5.88 Å². The lowest BCUT2D eigenvalue weighted by Gasteiger charge is -2.25. The molecule has 34 heavy (non-hydrogen) atoms. The lowest BCUT2D eigenvalue weighted by atomic mass is 10.1. The predicted octanol–water partition coefficient (Wildman–Crippen LogP) is 0.583. The van der Waals surface area contributed by atoms with Crippen LogP contribution in [0.2, 0.25) is 0 Å². The van der Waals surface area contributed by atoms with Gasteiger partial charge in [-0.25, -0.2) is 9.89 Å². The summed E-state index contributed by atoms with van der Waals surface area (Å²) in [5, 5.41) is 16.0. The summed E-state index contributed by atoms with van der Waals surface area (Å²) in [6, 6.07) is -0.136. The van der Waals surface area contributed by atoms with Crippen LogP contribution in [0.15, 0.2) is 17.1 Å². The van der Waals surface area contributed by atoms with Crippen molar-refractivity contribution in [1.29, 1.82) is 0 Å². The van der Waals surface area contributed by atoms with E-state index in [4.69, 9.17) is 4.74 Å². The number of aromatic hydroxyl groups is 1. The standard InChI is InChI=1S/C21H24F3N5O5/c1-12(21(22,23)24)11-28-18-13(2-5-15(30)27-6-8-34-9-7-27)10-25-29(18)20(33)16(19(28)32)17(31)26-14-3-4-14/h2,5,10,12,14H,3-4,6-9,11H2,1H3,(H2,26,31,32,33)/p+1/b5-2+/t12-/m1/s1. The summed E-state index contributed by atoms with van der Waals surface area (Å²) in [6.45, 7) is 1.79. The number of rotatable bonds is 6. The number of aromatic nitrogens is 3. The van der Waals surface area contributed by atoms with Crippen LogP contribution < -0.4 is 15.4 Å². The van der Waals surface area contributed by atoms with Gasteiger partial charge in [0, 0.05) is 25.2 Å². The van der Waals surface area contributed by atoms with Crippen molar-refractivity contribution < 1.29 is 37.2 Å². The number of ether oxygens (including phenoxy) is 1. The van der Waals surface area contributed by atoms with Crippen LogP contribution in [0.25, 0.3) is 11.7 Å². The van der Waals surface area contributed by atoms with E-state index in [9.17, 15) is 32.7 Å². The van der Waals surface area contributed by atoms with Crippen molar-refractivity contribution in [2.24, 2.45) is 5.92 Å². The topological polar surface area (TPSA) is 120 Å². The monoisotopic (exact) mass is 484 g/mol. The van der Waals surface area contributed by atoms with Gasteiger partial charge < -0.3 is 20.1 Å². The zero-order chi connectivity index (χ0) is 24.6. The van der Waals surface area contributed by atoms with Gasteiger partial charge in [0.2, 0.25) is 11.5 Å². The zero-order valence-electron chi connectivity index (χ0n) is 18.4. The Morgan fingerprint density at radius 3 is 2.65 bits per heavy atom. The second-order valence-corrected chi connectivity index (χ2v) is 8.46. The van der Waals surface area contributed by atoms with Crippen LogP contribution in [0.3, 0.4) is 0 Å². The number of amides is 2. The van der Waals surface area contributed by atoms with Gasteiger partial charge in [-0.2, -0.15) is 17.7 Å². The molecular formula is C21H25F3N5O5+. The van der Waals surface area contributed by atoms with Gasteiger partial charge >= 0.3 is 23.3 Å². The lowest BCUT2D eigenvalue weighted by molar-refractivity contribution is -0.691. The number of hydrogen-bond acceptors (Lipinski definition) is 5. The minimum absolute atomic E-state index is 0.104. The highest BCUT2D eigenvalue weighted by Gasteiger charge is 2.41. The van der Waals surface area contributed by atoms with E-state index >= 15 is 0 Å². The summed E-state index contributed by atoms with van der Waals surface area (Å²) in [7, 11) is 0. The number of carbonyl (C=O) groups is 2. The Bertz CT molecular complexity index is 1190. The summed E-state index contributed by atoms with van der Waals surface area (Å²) in [4.78, 5) is 39.6. The quantitative estimate of drug-likeness (QED) is 0.410. The second-order valence-electron chi connectivity index (χ2n) is 8.46. The molecule has 2 amide bonds. The minimum Gasteiger partial charge on any atom is -0.477 e. The maximum absolute atomic E-state index is 13.3. The smallest absolute Gasteiger partial charge is 0.395 e. The second kappa shape index (κ2) is 9.12. The molecule has 4 rings (SSSR count). The van der Waals surface area contributed by atoms with E-state index in [1.807, 2.05) is 0 Å². The van der Waals surface area contributed by atoms with Gasteiger partial charge in [-0.3, -0.25) is 9.59 Å². The van der Waals surface area contributed by atoms with E-state index in [2.05, 4.69) is 10.4 Å². The summed E-state index contributed by atoms with van der Waals surface area (Å²) < 4.78 is 47.0. The molecule has 0 bridgehead atoms. The fourth-order valence-corrected chi connectivity index (χ4v) is 3.67. The van der Waals surface area contributed by atoms with Gasteiger partial charge in [-0.1, -0.05) is 4.52 Å². The average molecular weight is 484 g/mol. The largest absolute Gasteiger partial charge is 0.477 e. The number of halogens is 3. The number of nitrogens with one attached hydrogen (secondary N) is 2. The van der Waals surface area contributed by atoms with Gasteiger partial charge in [0.1, 0.15) is 6.54 Å². The highest BCUT2D eigenvalue weighted by Crippen LogP contribution is 2.27. The van der Waals surface area contributed by atoms with E-state index in [-0.39, 0.29) is 23.2 Å². The molecule has 0 radical (unpaired) electrons. The normalized spacial score (nSPS) is 17.9. The zero-order valence-corrected chi connectivity index (χ0v) is 18.4. The Balaban J connectivity index is 1.78. The summed E-state index contributed by atoms with van der Waals surface area (Å²) in [6.07, 6.45) is 0.756. The average Bonchev–Trinajstić information content (AvgIpc) is 3.50. The summed E-state index contributed by atoms with van der Waals surface area (Å²) in [5.74, 6) is -3.95. The molecule has 184 valence electrons. The number of nitrogens with zero attached hydrogens (tertiary/aromatic N) is 3. The Hall–Kier alpha value is -3.35. The van der Waals surface area contributed by atoms with Crippen molar-refractivity contribution in [2.45, 2.75) is 38.5 Å². The molecule has 3 heterocycles. The van der Waals surface area contributed by atoms with Gasteiger partial charge in [0.05, 0.1) is 30.9 Å². The maximum atomic E-state index is 13.3. The molecule has 0 aromatic carbocycles. The number of fused-ring (bicyclic) bond motifs is 1. The Labute approximate surface area is 191 Å². The van der Waals surface area contributed by atoms with Crippen LogP contribution in [0, 0.1) is 5.92 Å². The van der Waals surface area contributed by atoms with Crippen molar-refractivity contribution in [3.05, 3.63) is 33.8 Å². The molecule has 0 unspecified atom stereocenters. The Kier molecular flexibility index (Phi) is 6.39. The first-order chi connectivity index (χ1) is 16.1. The van der Waals surface area contributed by atoms with E-state index in [0.717, 1.165) is 28.8 Å². The molecule has 0 spiro atoms. The van der Waals surface area contributed by atoms with Crippen LogP contribution in [0.4, 0.5) is 13.2 Å². The molecular weight excluding hydrogens is 459 g/mol. The lowest BCUT2D eigenvalue weighted by Crippen LogP contribution is -2.48. The van der Waals surface area contributed by atoms with Gasteiger partial charge in [-0.15, -0.1) is 0 Å². The summed E-state index contributed by atoms with van der Waals surface area (Å²) >= 11 is 0. The molecule has 10 nitrogen and oxygen atoms in total. The molecule has 2 aliphatic rings. The maximum Gasteiger partial charge on any atom is 0.395 e. The number of morpholine rings is 1. The van der Waals surface area contributed by atoms with Gasteiger partial charge in [0.15, 0.2) is 0 Å². The van der Waals surface area contributed by atoms with Crippen LogP contribution in [0.1, 0.15) is 35.7 Å². The van der Waals surface area contributed by atoms with Crippen molar-refractivity contribution in [1.82, 2.24) is 19.8 Å². The van der Waals surface area contributed by atoms with Crippen LogP contribution in [-0.4, -0.2) is 70.0 Å². The third kappa shape index (κ3) is 4.79. The molecule has 2 fully saturated rings. The number of hydrogen-bond donors (Lipinski definition) is 3. The van der Waals surface area contributed by atoms with Crippen molar-refractivity contribution in [3.8, 4) is 5.88 Å². The molecule has 1 aliphatic carbocycles. The molecule has 1 saturated heterocycles. The summed E-state index contributed by atoms with van der Waals surface area (Å²) in [5.41, 5.74) is -1.48. The van der Waals surface area contributed by atoms with Crippen molar-refractivity contribution in [3.63, 3.8) is 0 Å². The predicted molar refractivity (Wildman–Crippen MR) is 112 cm³/mol. The molecule has 13 heteroatoms. The number of H-pyrrole nitrogens is 1. The minimum atomic E-state index is -4.58. The highest BCUT2D eigenvalue weighted by molar-refractivity contribution is 5.96. The Morgan fingerprint density at radius 1 is 1.35 bits per heavy atom. The molecule has 2 aromatic rings. The van der Waals surface area contributed by atoms with Crippen molar-refractivity contribution >= 4 is 23.5 Å². The number of aromatic amines is 1. The van der Waals surface area contributed by atoms with Gasteiger partial charge in [0.25, 0.3) is 5.91 Å². The molecule has 2 aromatic heterocycles. The first-order valence-corrected chi connectivity index (χ1v) is 10.9. The first kappa shape index (κ1) is 23.8. The van der Waals surface area contributed by atoms with Crippen LogP contribution >= 0.6 is 0 Å². The van der Waals surface area contributed by atoms with E-state index in [0.29, 0.717) is 26.3 Å². The number of carbonyl (C=O) groups excluding carboxylic acids is 2. The van der Waals surface area contributed by atoms with Crippen molar-refractivity contribution in [2.75, 3.05) is 26.3 Å². The fraction of sp³-hybridized carbons (Fsp3) is 0.524. The van der Waals surface area contributed by atoms with E-state index in [1.54, 1.807) is 4.90 Å². The SMILES string of the molecule is C[C@H](C[n+]1c(O)c(C(=O)NC2CC2)c(=O)n2[nH]cc(/C=C/C(=O)N3CCOCC3)c21)C(F)(F)F. The fourth-order valence-electron chi connectivity index (χ4n) is 3.67.